The van der Waals surface area contributed by atoms with Crippen molar-refractivity contribution < 1.29 is 0 Å². The first-order valence-corrected chi connectivity index (χ1v) is 7.08. The molecule has 1 aromatic carbocycles. The standard InChI is InChI=1S/C15H23ClN2/c1-10-7-13(16)5-6-14(10)17-15-8-12(3)18(4)9-11(15)2/h5-7,11-12,15,17H,8-9H2,1-4H3. The van der Waals surface area contributed by atoms with Gasteiger partial charge in [0.05, 0.1) is 0 Å². The van der Waals surface area contributed by atoms with Gasteiger partial charge in [0.25, 0.3) is 0 Å². The van der Waals surface area contributed by atoms with Crippen LogP contribution in [-0.2, 0) is 0 Å². The number of piperidine rings is 1. The van der Waals surface area contributed by atoms with Gasteiger partial charge in [-0.2, -0.15) is 0 Å². The first kappa shape index (κ1) is 13.7. The predicted octanol–water partition coefficient (Wildman–Crippen LogP) is 3.79. The molecule has 0 radical (unpaired) electrons. The summed E-state index contributed by atoms with van der Waals surface area (Å²) < 4.78 is 0. The molecule has 3 unspecified atom stereocenters. The van der Waals surface area contributed by atoms with Gasteiger partial charge in [0.1, 0.15) is 0 Å². The lowest BCUT2D eigenvalue weighted by atomic mass is 9.89. The fourth-order valence-corrected chi connectivity index (χ4v) is 2.96. The van der Waals surface area contributed by atoms with Crippen molar-refractivity contribution in [2.75, 3.05) is 18.9 Å². The van der Waals surface area contributed by atoms with Gasteiger partial charge in [-0.3, -0.25) is 0 Å². The van der Waals surface area contributed by atoms with Crippen LogP contribution < -0.4 is 5.32 Å². The van der Waals surface area contributed by atoms with E-state index in [0.717, 1.165) is 11.6 Å². The van der Waals surface area contributed by atoms with E-state index in [0.29, 0.717) is 18.0 Å². The van der Waals surface area contributed by atoms with E-state index in [1.54, 1.807) is 0 Å². The number of benzene rings is 1. The molecule has 18 heavy (non-hydrogen) atoms. The van der Waals surface area contributed by atoms with Gasteiger partial charge in [0.15, 0.2) is 0 Å². The van der Waals surface area contributed by atoms with Crippen LogP contribution >= 0.6 is 11.6 Å². The van der Waals surface area contributed by atoms with E-state index < -0.39 is 0 Å². The number of halogens is 1. The molecule has 1 N–H and O–H groups in total. The van der Waals surface area contributed by atoms with E-state index in [-0.39, 0.29) is 0 Å². The van der Waals surface area contributed by atoms with Gasteiger partial charge in [-0.1, -0.05) is 18.5 Å². The highest BCUT2D eigenvalue weighted by atomic mass is 35.5. The molecule has 1 heterocycles. The molecule has 3 atom stereocenters. The summed E-state index contributed by atoms with van der Waals surface area (Å²) in [5.41, 5.74) is 2.44. The van der Waals surface area contributed by atoms with Crippen LogP contribution in [0.2, 0.25) is 5.02 Å². The second kappa shape index (κ2) is 5.50. The molecule has 1 aromatic rings. The van der Waals surface area contributed by atoms with Gasteiger partial charge in [0.2, 0.25) is 0 Å². The summed E-state index contributed by atoms with van der Waals surface area (Å²) >= 11 is 6.00. The lowest BCUT2D eigenvalue weighted by molar-refractivity contribution is 0.145. The van der Waals surface area contributed by atoms with Crippen molar-refractivity contribution in [1.29, 1.82) is 0 Å². The Bertz CT molecular complexity index is 419. The van der Waals surface area contributed by atoms with Gasteiger partial charge >= 0.3 is 0 Å². The molecule has 2 nitrogen and oxygen atoms in total. The molecule has 3 heteroatoms. The largest absolute Gasteiger partial charge is 0.382 e. The number of nitrogens with one attached hydrogen (secondary N) is 1. The monoisotopic (exact) mass is 266 g/mol. The van der Waals surface area contributed by atoms with Crippen LogP contribution in [0.25, 0.3) is 0 Å². The molecule has 100 valence electrons. The van der Waals surface area contributed by atoms with Crippen LogP contribution in [0, 0.1) is 12.8 Å². The molecule has 0 bridgehead atoms. The van der Waals surface area contributed by atoms with Crippen molar-refractivity contribution >= 4 is 17.3 Å². The zero-order chi connectivity index (χ0) is 13.3. The highest BCUT2D eigenvalue weighted by molar-refractivity contribution is 6.30. The first-order valence-electron chi connectivity index (χ1n) is 6.70. The molecular formula is C15H23ClN2. The number of aryl methyl sites for hydroxylation is 1. The number of hydrogen-bond donors (Lipinski definition) is 1. The quantitative estimate of drug-likeness (QED) is 0.876. The average Bonchev–Trinajstić information content (AvgIpc) is 2.29. The Labute approximate surface area is 115 Å². The Morgan fingerprint density at radius 3 is 2.72 bits per heavy atom. The van der Waals surface area contributed by atoms with Crippen LogP contribution in [0.1, 0.15) is 25.8 Å². The van der Waals surface area contributed by atoms with Crippen LogP contribution in [-0.4, -0.2) is 30.6 Å². The maximum absolute atomic E-state index is 6.00. The van der Waals surface area contributed by atoms with Crippen LogP contribution in [0.4, 0.5) is 5.69 Å². The number of likely N-dealkylation sites (tertiary alicyclic amines) is 1. The molecule has 1 fully saturated rings. The lowest BCUT2D eigenvalue weighted by Crippen LogP contribution is -2.48. The van der Waals surface area contributed by atoms with Crippen molar-refractivity contribution in [3.63, 3.8) is 0 Å². The predicted molar refractivity (Wildman–Crippen MR) is 79.5 cm³/mol. The first-order chi connectivity index (χ1) is 8.47. The second-order valence-corrected chi connectivity index (χ2v) is 6.15. The van der Waals surface area contributed by atoms with Gasteiger partial charge in [0, 0.05) is 29.3 Å². The van der Waals surface area contributed by atoms with Crippen molar-refractivity contribution in [3.05, 3.63) is 28.8 Å². The van der Waals surface area contributed by atoms with Crippen molar-refractivity contribution in [2.45, 2.75) is 39.3 Å². The van der Waals surface area contributed by atoms with Gasteiger partial charge in [-0.25, -0.2) is 0 Å². The molecule has 1 saturated heterocycles. The minimum absolute atomic E-state index is 0.552. The van der Waals surface area contributed by atoms with E-state index >= 15 is 0 Å². The molecule has 0 spiro atoms. The number of nitrogens with zero attached hydrogens (tertiary/aromatic N) is 1. The zero-order valence-corrected chi connectivity index (χ0v) is 12.5. The molecule has 0 amide bonds. The van der Waals surface area contributed by atoms with Gasteiger partial charge in [-0.05, 0) is 57.0 Å². The third kappa shape index (κ3) is 2.99. The SMILES string of the molecule is Cc1cc(Cl)ccc1NC1CC(C)N(C)CC1C. The number of anilines is 1. The third-order valence-corrected chi connectivity index (χ3v) is 4.37. The molecule has 0 saturated carbocycles. The topological polar surface area (TPSA) is 15.3 Å². The van der Waals surface area contributed by atoms with Gasteiger partial charge in [-0.15, -0.1) is 0 Å². The normalized spacial score (nSPS) is 29.3. The summed E-state index contributed by atoms with van der Waals surface area (Å²) in [4.78, 5) is 2.44. The fraction of sp³-hybridized carbons (Fsp3) is 0.600. The second-order valence-electron chi connectivity index (χ2n) is 5.71. The Morgan fingerprint density at radius 2 is 2.06 bits per heavy atom. The third-order valence-electron chi connectivity index (χ3n) is 4.14. The molecule has 1 aliphatic rings. The van der Waals surface area contributed by atoms with Gasteiger partial charge < -0.3 is 10.2 Å². The van der Waals surface area contributed by atoms with Crippen molar-refractivity contribution in [3.8, 4) is 0 Å². The van der Waals surface area contributed by atoms with E-state index in [1.807, 2.05) is 12.1 Å². The summed E-state index contributed by atoms with van der Waals surface area (Å²) in [7, 11) is 2.21. The molecule has 0 aliphatic carbocycles. The maximum Gasteiger partial charge on any atom is 0.0410 e. The summed E-state index contributed by atoms with van der Waals surface area (Å²) in [5, 5.41) is 4.50. The van der Waals surface area contributed by atoms with E-state index in [4.69, 9.17) is 11.6 Å². The summed E-state index contributed by atoms with van der Waals surface area (Å²) in [5.74, 6) is 0.668. The van der Waals surface area contributed by atoms with E-state index in [9.17, 15) is 0 Å². The van der Waals surface area contributed by atoms with E-state index in [1.165, 1.54) is 17.7 Å². The summed E-state index contributed by atoms with van der Waals surface area (Å²) in [6, 6.07) is 7.27. The van der Waals surface area contributed by atoms with Crippen LogP contribution in [0.15, 0.2) is 18.2 Å². The average molecular weight is 267 g/mol. The van der Waals surface area contributed by atoms with Crippen LogP contribution in [0.5, 0.6) is 0 Å². The van der Waals surface area contributed by atoms with Crippen LogP contribution in [0.3, 0.4) is 0 Å². The molecule has 2 rings (SSSR count). The maximum atomic E-state index is 6.00. The Balaban J connectivity index is 2.08. The highest BCUT2D eigenvalue weighted by Gasteiger charge is 2.28. The van der Waals surface area contributed by atoms with Crippen molar-refractivity contribution in [2.24, 2.45) is 5.92 Å². The molecular weight excluding hydrogens is 244 g/mol. The molecule has 1 aliphatic heterocycles. The smallest absolute Gasteiger partial charge is 0.0410 e. The molecule has 0 aromatic heterocycles. The van der Waals surface area contributed by atoms with E-state index in [2.05, 4.69) is 44.1 Å². The Hall–Kier alpha value is -0.730. The lowest BCUT2D eigenvalue weighted by Gasteiger charge is -2.40. The Kier molecular flexibility index (Phi) is 4.18. The minimum Gasteiger partial charge on any atom is -0.382 e. The highest BCUT2D eigenvalue weighted by Crippen LogP contribution is 2.27. The zero-order valence-electron chi connectivity index (χ0n) is 11.7. The number of rotatable bonds is 2. The van der Waals surface area contributed by atoms with Crippen molar-refractivity contribution in [1.82, 2.24) is 4.90 Å². The fourth-order valence-electron chi connectivity index (χ4n) is 2.73. The summed E-state index contributed by atoms with van der Waals surface area (Å²) in [6.45, 7) is 7.89. The number of hydrogen-bond acceptors (Lipinski definition) is 2. The minimum atomic E-state index is 0.552. The summed E-state index contributed by atoms with van der Waals surface area (Å²) in [6.07, 6.45) is 1.19. The Morgan fingerprint density at radius 1 is 1.33 bits per heavy atom.